The number of nitrogens with one attached hydrogen (secondary N) is 1. The topological polar surface area (TPSA) is 60.6 Å². The highest BCUT2D eigenvalue weighted by Crippen LogP contribution is 2.21. The Kier molecular flexibility index (Phi) is 4.76. The zero-order valence-electron chi connectivity index (χ0n) is 14.6. The number of pyridine rings is 1. The Balaban J connectivity index is 1.71. The predicted molar refractivity (Wildman–Crippen MR) is 94.4 cm³/mol. The van der Waals surface area contributed by atoms with Gasteiger partial charge in [-0.15, -0.1) is 0 Å². The molecular weight excluding hydrogens is 300 g/mol. The molecule has 0 aliphatic carbocycles. The van der Waals surface area contributed by atoms with Crippen molar-refractivity contribution < 1.29 is 0 Å². The van der Waals surface area contributed by atoms with Crippen molar-refractivity contribution in [2.45, 2.75) is 39.4 Å². The lowest BCUT2D eigenvalue weighted by atomic mass is 10.1. The lowest BCUT2D eigenvalue weighted by Gasteiger charge is -2.21. The van der Waals surface area contributed by atoms with Crippen molar-refractivity contribution in [1.29, 1.82) is 0 Å². The average Bonchev–Trinajstić information content (AvgIpc) is 3.18. The van der Waals surface area contributed by atoms with Crippen LogP contribution in [-0.2, 0) is 13.6 Å². The van der Waals surface area contributed by atoms with Crippen LogP contribution in [0.2, 0.25) is 0 Å². The van der Waals surface area contributed by atoms with Crippen LogP contribution >= 0.6 is 0 Å². The van der Waals surface area contributed by atoms with Gasteiger partial charge in [-0.3, -0.25) is 14.3 Å². The Bertz CT molecular complexity index is 789. The number of nitrogens with zero attached hydrogens (tertiary/aromatic N) is 5. The van der Waals surface area contributed by atoms with Gasteiger partial charge in [0, 0.05) is 55.5 Å². The molecule has 0 unspecified atom stereocenters. The van der Waals surface area contributed by atoms with E-state index in [1.807, 2.05) is 40.9 Å². The van der Waals surface area contributed by atoms with Gasteiger partial charge >= 0.3 is 0 Å². The Morgan fingerprint density at radius 3 is 2.71 bits per heavy atom. The molecule has 126 valence electrons. The molecule has 24 heavy (non-hydrogen) atoms. The van der Waals surface area contributed by atoms with E-state index in [9.17, 15) is 0 Å². The zero-order valence-corrected chi connectivity index (χ0v) is 14.6. The third-order valence-electron chi connectivity index (χ3n) is 4.33. The van der Waals surface area contributed by atoms with Gasteiger partial charge in [0.2, 0.25) is 0 Å². The first-order valence-electron chi connectivity index (χ1n) is 8.21. The Morgan fingerprint density at radius 2 is 2.04 bits per heavy atom. The Hall–Kier alpha value is -2.47. The van der Waals surface area contributed by atoms with E-state index in [0.717, 1.165) is 17.8 Å². The average molecular weight is 324 g/mol. The number of hydrogen-bond donors (Lipinski definition) is 1. The van der Waals surface area contributed by atoms with Gasteiger partial charge in [-0.25, -0.2) is 0 Å². The molecule has 0 aliphatic heterocycles. The maximum atomic E-state index is 4.58. The van der Waals surface area contributed by atoms with Crippen LogP contribution in [0.25, 0.3) is 11.3 Å². The molecule has 1 N–H and O–H groups in total. The fourth-order valence-electron chi connectivity index (χ4n) is 2.74. The van der Waals surface area contributed by atoms with Crippen molar-refractivity contribution >= 4 is 0 Å². The molecule has 3 aromatic heterocycles. The van der Waals surface area contributed by atoms with E-state index in [2.05, 4.69) is 53.7 Å². The van der Waals surface area contributed by atoms with E-state index < -0.39 is 0 Å². The summed E-state index contributed by atoms with van der Waals surface area (Å²) in [5.74, 6) is 0. The fourth-order valence-corrected chi connectivity index (χ4v) is 2.74. The molecular formula is C18H24N6. The molecule has 0 saturated heterocycles. The SMILES string of the molecule is Cc1cnn([C@@H](C)[C@H](C)NCc2cn(C)nc2-c2cccnc2)c1. The number of rotatable bonds is 6. The molecule has 0 aromatic carbocycles. The maximum Gasteiger partial charge on any atom is 0.0983 e. The summed E-state index contributed by atoms with van der Waals surface area (Å²) in [5, 5.41) is 12.6. The second-order valence-electron chi connectivity index (χ2n) is 6.33. The lowest BCUT2D eigenvalue weighted by molar-refractivity contribution is 0.365. The lowest BCUT2D eigenvalue weighted by Crippen LogP contribution is -2.33. The summed E-state index contributed by atoms with van der Waals surface area (Å²) in [6, 6.07) is 4.53. The minimum absolute atomic E-state index is 0.275. The number of aryl methyl sites for hydroxylation is 2. The van der Waals surface area contributed by atoms with E-state index in [-0.39, 0.29) is 12.1 Å². The van der Waals surface area contributed by atoms with Crippen molar-refractivity contribution in [3.05, 3.63) is 54.2 Å². The first kappa shape index (κ1) is 16.4. The van der Waals surface area contributed by atoms with Gasteiger partial charge < -0.3 is 5.32 Å². The maximum absolute atomic E-state index is 4.58. The Morgan fingerprint density at radius 1 is 1.21 bits per heavy atom. The number of aromatic nitrogens is 5. The second kappa shape index (κ2) is 6.97. The van der Waals surface area contributed by atoms with E-state index in [0.29, 0.717) is 0 Å². The molecule has 0 amide bonds. The smallest absolute Gasteiger partial charge is 0.0983 e. The minimum Gasteiger partial charge on any atom is -0.308 e. The van der Waals surface area contributed by atoms with Crippen molar-refractivity contribution in [2.75, 3.05) is 0 Å². The van der Waals surface area contributed by atoms with E-state index in [1.54, 1.807) is 6.20 Å². The molecule has 3 rings (SSSR count). The van der Waals surface area contributed by atoms with Crippen LogP contribution in [0.15, 0.2) is 43.1 Å². The third kappa shape index (κ3) is 3.54. The second-order valence-corrected chi connectivity index (χ2v) is 6.33. The highest BCUT2D eigenvalue weighted by atomic mass is 15.3. The van der Waals surface area contributed by atoms with Crippen LogP contribution in [0, 0.1) is 6.92 Å². The number of hydrogen-bond acceptors (Lipinski definition) is 4. The van der Waals surface area contributed by atoms with Gasteiger partial charge in [-0.2, -0.15) is 10.2 Å². The molecule has 0 spiro atoms. The minimum atomic E-state index is 0.275. The van der Waals surface area contributed by atoms with Gasteiger partial charge in [0.25, 0.3) is 0 Å². The van der Waals surface area contributed by atoms with Gasteiger partial charge in [-0.1, -0.05) is 0 Å². The normalized spacial score (nSPS) is 13.8. The first-order valence-corrected chi connectivity index (χ1v) is 8.21. The summed E-state index contributed by atoms with van der Waals surface area (Å²) < 4.78 is 3.86. The quantitative estimate of drug-likeness (QED) is 0.757. The molecule has 6 nitrogen and oxygen atoms in total. The predicted octanol–water partition coefficient (Wildman–Crippen LogP) is 2.73. The van der Waals surface area contributed by atoms with Crippen molar-refractivity contribution in [1.82, 2.24) is 29.9 Å². The van der Waals surface area contributed by atoms with Crippen molar-refractivity contribution in [3.63, 3.8) is 0 Å². The molecule has 0 radical (unpaired) electrons. The molecule has 0 aliphatic rings. The summed E-state index contributed by atoms with van der Waals surface area (Å²) in [7, 11) is 1.95. The van der Waals surface area contributed by atoms with Gasteiger partial charge in [0.05, 0.1) is 17.9 Å². The molecule has 0 fully saturated rings. The Labute approximate surface area is 142 Å². The highest BCUT2D eigenvalue weighted by Gasteiger charge is 2.16. The summed E-state index contributed by atoms with van der Waals surface area (Å²) in [4.78, 5) is 4.20. The molecule has 2 atom stereocenters. The van der Waals surface area contributed by atoms with Crippen LogP contribution in [0.4, 0.5) is 0 Å². The fraction of sp³-hybridized carbons (Fsp3) is 0.389. The van der Waals surface area contributed by atoms with Crippen LogP contribution in [0.3, 0.4) is 0 Å². The largest absolute Gasteiger partial charge is 0.308 e. The van der Waals surface area contributed by atoms with Crippen molar-refractivity contribution in [3.8, 4) is 11.3 Å². The van der Waals surface area contributed by atoms with Gasteiger partial charge in [-0.05, 0) is 38.5 Å². The molecule has 3 aromatic rings. The summed E-state index contributed by atoms with van der Waals surface area (Å²) in [6.07, 6.45) is 9.66. The zero-order chi connectivity index (χ0) is 17.1. The van der Waals surface area contributed by atoms with Crippen LogP contribution in [0.5, 0.6) is 0 Å². The summed E-state index contributed by atoms with van der Waals surface area (Å²) in [5.41, 5.74) is 4.37. The third-order valence-corrected chi connectivity index (χ3v) is 4.33. The first-order chi connectivity index (χ1) is 11.5. The van der Waals surface area contributed by atoms with Crippen molar-refractivity contribution in [2.24, 2.45) is 7.05 Å². The summed E-state index contributed by atoms with van der Waals surface area (Å²) in [6.45, 7) is 7.17. The molecule has 3 heterocycles. The van der Waals surface area contributed by atoms with Crippen LogP contribution in [0.1, 0.15) is 31.0 Å². The standard InChI is InChI=1S/C18H24N6/c1-13-8-21-24(11-13)15(3)14(2)20-10-17-12-23(4)22-18(17)16-6-5-7-19-9-16/h5-9,11-12,14-15,20H,10H2,1-4H3/t14-,15-/m0/s1. The van der Waals surface area contributed by atoms with E-state index in [1.165, 1.54) is 11.1 Å². The van der Waals surface area contributed by atoms with Gasteiger partial charge in [0.1, 0.15) is 0 Å². The molecule has 0 saturated carbocycles. The van der Waals surface area contributed by atoms with Gasteiger partial charge in [0.15, 0.2) is 0 Å². The van der Waals surface area contributed by atoms with Crippen LogP contribution < -0.4 is 5.32 Å². The highest BCUT2D eigenvalue weighted by molar-refractivity contribution is 5.61. The van der Waals surface area contributed by atoms with Crippen LogP contribution in [-0.4, -0.2) is 30.6 Å². The van der Waals surface area contributed by atoms with E-state index >= 15 is 0 Å². The van der Waals surface area contributed by atoms with E-state index in [4.69, 9.17) is 0 Å². The monoisotopic (exact) mass is 324 g/mol. The molecule has 6 heteroatoms. The molecule has 0 bridgehead atoms. The summed E-state index contributed by atoms with van der Waals surface area (Å²) >= 11 is 0.